The predicted molar refractivity (Wildman–Crippen MR) is 111 cm³/mol. The van der Waals surface area contributed by atoms with E-state index in [4.69, 9.17) is 0 Å². The van der Waals surface area contributed by atoms with E-state index >= 15 is 0 Å². The van der Waals surface area contributed by atoms with Gasteiger partial charge >= 0.3 is 12.7 Å². The van der Waals surface area contributed by atoms with E-state index in [9.17, 15) is 31.5 Å². The molecule has 0 spiro atoms. The summed E-state index contributed by atoms with van der Waals surface area (Å²) in [6, 6.07) is 7.08. The first-order valence-electron chi connectivity index (χ1n) is 9.85. The van der Waals surface area contributed by atoms with Crippen molar-refractivity contribution in [1.29, 1.82) is 0 Å². The number of amides is 2. The molecule has 2 aliphatic heterocycles. The van der Waals surface area contributed by atoms with Gasteiger partial charge in [0.15, 0.2) is 11.5 Å². The van der Waals surface area contributed by atoms with Gasteiger partial charge in [0.2, 0.25) is 11.9 Å². The van der Waals surface area contributed by atoms with Crippen LogP contribution < -0.4 is 24.8 Å². The molecule has 186 valence electrons. The SMILES string of the molecule is O=C(Nc1nc2cc3c(cc2[nH]1)OC(F)(F)O3)C1=NC(NC(=O)c2ccccc2OC(F)(F)F)=NC1. The number of alkyl halides is 5. The number of nitrogens with one attached hydrogen (secondary N) is 3. The topological polar surface area (TPSA) is 139 Å². The molecule has 0 unspecified atom stereocenters. The lowest BCUT2D eigenvalue weighted by atomic mass is 10.2. The lowest BCUT2D eigenvalue weighted by molar-refractivity contribution is -0.286. The monoisotopic (exact) mass is 510 g/mol. The molecule has 16 heteroatoms. The van der Waals surface area contributed by atoms with Crippen LogP contribution in [0.5, 0.6) is 17.2 Å². The molecule has 0 atom stereocenters. The van der Waals surface area contributed by atoms with Crippen molar-refractivity contribution in [3.05, 3.63) is 42.0 Å². The molecular formula is C20H11F5N6O5. The van der Waals surface area contributed by atoms with Crippen LogP contribution in [-0.2, 0) is 4.79 Å². The smallest absolute Gasteiger partial charge is 0.405 e. The van der Waals surface area contributed by atoms with E-state index in [1.165, 1.54) is 24.3 Å². The molecule has 3 heterocycles. The lowest BCUT2D eigenvalue weighted by Crippen LogP contribution is -2.30. The summed E-state index contributed by atoms with van der Waals surface area (Å²) in [6.07, 6.45) is -8.80. The number of anilines is 1. The molecule has 0 fully saturated rings. The van der Waals surface area contributed by atoms with Crippen LogP contribution in [0.2, 0.25) is 0 Å². The highest BCUT2D eigenvalue weighted by atomic mass is 19.4. The van der Waals surface area contributed by atoms with Gasteiger partial charge in [0.05, 0.1) is 23.1 Å². The summed E-state index contributed by atoms with van der Waals surface area (Å²) in [5.41, 5.74) is -0.102. The third-order valence-corrected chi connectivity index (χ3v) is 4.70. The molecule has 36 heavy (non-hydrogen) atoms. The van der Waals surface area contributed by atoms with E-state index in [0.29, 0.717) is 0 Å². The number of imidazole rings is 1. The highest BCUT2D eigenvalue weighted by Gasteiger charge is 2.43. The van der Waals surface area contributed by atoms with Crippen molar-refractivity contribution in [1.82, 2.24) is 15.3 Å². The summed E-state index contributed by atoms with van der Waals surface area (Å²) < 4.78 is 76.6. The van der Waals surface area contributed by atoms with Crippen LogP contribution in [0, 0.1) is 0 Å². The Morgan fingerprint density at radius 1 is 1.06 bits per heavy atom. The second-order valence-electron chi connectivity index (χ2n) is 7.22. The van der Waals surface area contributed by atoms with Crippen molar-refractivity contribution in [2.75, 3.05) is 11.9 Å². The number of guanidine groups is 1. The number of aromatic amines is 1. The number of H-pyrrole nitrogens is 1. The van der Waals surface area contributed by atoms with E-state index in [0.717, 1.165) is 12.1 Å². The number of nitrogens with zero attached hydrogens (tertiary/aromatic N) is 3. The number of fused-ring (bicyclic) bond motifs is 2. The van der Waals surface area contributed by atoms with Crippen LogP contribution in [-0.4, -0.2) is 52.7 Å². The van der Waals surface area contributed by atoms with Gasteiger partial charge in [0.1, 0.15) is 11.5 Å². The largest absolute Gasteiger partial charge is 0.586 e. The first-order chi connectivity index (χ1) is 17.0. The Bertz CT molecular complexity index is 1420. The molecular weight excluding hydrogens is 499 g/mol. The summed E-state index contributed by atoms with van der Waals surface area (Å²) in [4.78, 5) is 39.4. The molecule has 0 bridgehead atoms. The number of aromatic nitrogens is 2. The normalized spacial score (nSPS) is 15.9. The Morgan fingerprint density at radius 2 is 1.78 bits per heavy atom. The molecule has 0 saturated carbocycles. The van der Waals surface area contributed by atoms with E-state index in [-0.39, 0.29) is 46.7 Å². The fourth-order valence-corrected chi connectivity index (χ4v) is 3.27. The van der Waals surface area contributed by atoms with Crippen molar-refractivity contribution >= 4 is 40.5 Å². The molecule has 2 aromatic carbocycles. The third-order valence-electron chi connectivity index (χ3n) is 4.70. The van der Waals surface area contributed by atoms with Gasteiger partial charge in [-0.1, -0.05) is 12.1 Å². The van der Waals surface area contributed by atoms with Crippen molar-refractivity contribution < 1.29 is 45.8 Å². The maximum Gasteiger partial charge on any atom is 0.586 e. The minimum Gasteiger partial charge on any atom is -0.405 e. The number of rotatable bonds is 4. The number of hydrogen-bond acceptors (Lipinski definition) is 8. The van der Waals surface area contributed by atoms with E-state index in [1.807, 2.05) is 0 Å². The maximum atomic E-state index is 13.2. The Balaban J connectivity index is 1.25. The van der Waals surface area contributed by atoms with Gasteiger partial charge < -0.3 is 19.2 Å². The zero-order valence-corrected chi connectivity index (χ0v) is 17.4. The Kier molecular flexibility index (Phi) is 5.22. The first-order valence-corrected chi connectivity index (χ1v) is 9.85. The first kappa shape index (κ1) is 23.0. The average Bonchev–Trinajstić information content (AvgIpc) is 3.46. The average molecular weight is 510 g/mol. The fourth-order valence-electron chi connectivity index (χ4n) is 3.27. The standard InChI is InChI=1S/C20H11F5N6O5/c21-19(22,23)34-12-4-2-1-3-8(12)15(32)30-17-26-7-11(29-17)16(33)31-18-27-9-5-13-14(6-10(9)28-18)36-20(24,25)35-13/h1-6H,7H2,(H,26,30,32)(H2,27,28,31,33). The Labute approximate surface area is 196 Å². The molecule has 3 N–H and O–H groups in total. The number of carbonyl (C=O) groups is 2. The number of benzene rings is 2. The van der Waals surface area contributed by atoms with Gasteiger partial charge in [-0.05, 0) is 12.1 Å². The van der Waals surface area contributed by atoms with Gasteiger partial charge in [-0.15, -0.1) is 22.0 Å². The summed E-state index contributed by atoms with van der Waals surface area (Å²) in [5.74, 6) is -3.27. The van der Waals surface area contributed by atoms with Crippen LogP contribution in [0.15, 0.2) is 46.4 Å². The van der Waals surface area contributed by atoms with Crippen LogP contribution >= 0.6 is 0 Å². The van der Waals surface area contributed by atoms with E-state index in [1.54, 1.807) is 0 Å². The molecule has 2 aliphatic rings. The van der Waals surface area contributed by atoms with Crippen molar-refractivity contribution in [3.8, 4) is 17.2 Å². The van der Waals surface area contributed by atoms with Crippen molar-refractivity contribution in [2.24, 2.45) is 9.98 Å². The summed E-state index contributed by atoms with van der Waals surface area (Å²) >= 11 is 0. The number of carbonyl (C=O) groups excluding carboxylic acids is 2. The van der Waals surface area contributed by atoms with Gasteiger partial charge in [-0.2, -0.15) is 0 Å². The zero-order chi connectivity index (χ0) is 25.7. The summed E-state index contributed by atoms with van der Waals surface area (Å²) in [5, 5.41) is 4.61. The lowest BCUT2D eigenvalue weighted by Gasteiger charge is -2.12. The van der Waals surface area contributed by atoms with Gasteiger partial charge in [0.25, 0.3) is 11.8 Å². The molecule has 0 aliphatic carbocycles. The highest BCUT2D eigenvalue weighted by Crippen LogP contribution is 2.42. The second-order valence-corrected chi connectivity index (χ2v) is 7.22. The minimum absolute atomic E-state index is 0.0520. The van der Waals surface area contributed by atoms with Gasteiger partial charge in [-0.25, -0.2) is 15.0 Å². The third kappa shape index (κ3) is 4.73. The number of aliphatic imine (C=N–C) groups is 2. The molecule has 3 aromatic rings. The molecule has 0 radical (unpaired) electrons. The van der Waals surface area contributed by atoms with Crippen molar-refractivity contribution in [2.45, 2.75) is 12.7 Å². The number of ether oxygens (including phenoxy) is 3. The molecule has 5 rings (SSSR count). The van der Waals surface area contributed by atoms with E-state index in [2.05, 4.69) is 44.8 Å². The molecule has 1 aromatic heterocycles. The molecule has 11 nitrogen and oxygen atoms in total. The number of para-hydroxylation sites is 1. The number of hydrogen-bond donors (Lipinski definition) is 3. The summed E-state index contributed by atoms with van der Waals surface area (Å²) in [6.45, 7) is -0.243. The predicted octanol–water partition coefficient (Wildman–Crippen LogP) is 2.96. The quantitative estimate of drug-likeness (QED) is 0.462. The fraction of sp³-hybridized carbons (Fsp3) is 0.150. The van der Waals surface area contributed by atoms with Crippen LogP contribution in [0.3, 0.4) is 0 Å². The highest BCUT2D eigenvalue weighted by molar-refractivity contribution is 6.46. The van der Waals surface area contributed by atoms with Crippen LogP contribution in [0.4, 0.5) is 27.9 Å². The Hall–Kier alpha value is -4.76. The molecule has 2 amide bonds. The van der Waals surface area contributed by atoms with E-state index < -0.39 is 35.8 Å². The Morgan fingerprint density at radius 3 is 2.53 bits per heavy atom. The van der Waals surface area contributed by atoms with Crippen molar-refractivity contribution in [3.63, 3.8) is 0 Å². The van der Waals surface area contributed by atoms with Crippen LogP contribution in [0.1, 0.15) is 10.4 Å². The minimum atomic E-state index is -5.01. The van der Waals surface area contributed by atoms with Gasteiger partial charge in [-0.3, -0.25) is 20.2 Å². The zero-order valence-electron chi connectivity index (χ0n) is 17.4. The second kappa shape index (κ2) is 8.17. The van der Waals surface area contributed by atoms with Crippen LogP contribution in [0.25, 0.3) is 11.0 Å². The van der Waals surface area contributed by atoms with Gasteiger partial charge in [0, 0.05) is 12.1 Å². The maximum absolute atomic E-state index is 13.2. The number of halogens is 5. The summed E-state index contributed by atoms with van der Waals surface area (Å²) in [7, 11) is 0. The molecule has 0 saturated heterocycles.